The molecule has 0 bridgehead atoms. The molecule has 2 aromatic carbocycles. The average Bonchev–Trinajstić information content (AvgIpc) is 3.45. The number of halogens is 4. The highest BCUT2D eigenvalue weighted by Crippen LogP contribution is 2.40. The molecule has 1 aliphatic heterocycles. The highest BCUT2D eigenvalue weighted by Gasteiger charge is 2.42. The maximum Gasteiger partial charge on any atom is 0.425 e. The summed E-state index contributed by atoms with van der Waals surface area (Å²) in [6.07, 6.45) is -3.01. The van der Waals surface area contributed by atoms with Gasteiger partial charge in [-0.15, -0.1) is 11.3 Å². The number of H-pyrrole nitrogens is 1. The molecule has 2 aromatic heterocycles. The summed E-state index contributed by atoms with van der Waals surface area (Å²) in [6, 6.07) is 8.87. The molecule has 1 fully saturated rings. The Kier molecular flexibility index (Phi) is 4.52. The van der Waals surface area contributed by atoms with Gasteiger partial charge in [-0.05, 0) is 42.0 Å². The number of carbonyl (C=O) groups excluding carboxylic acids is 2. The summed E-state index contributed by atoms with van der Waals surface area (Å²) in [5, 5.41) is 2.18. The molecule has 3 amide bonds. The number of nitrogens with zero attached hydrogens (tertiary/aromatic N) is 2. The van der Waals surface area contributed by atoms with E-state index in [1.807, 2.05) is 0 Å². The van der Waals surface area contributed by atoms with Gasteiger partial charge in [-0.25, -0.2) is 14.2 Å². The molecule has 2 N–H and O–H groups in total. The van der Waals surface area contributed by atoms with Gasteiger partial charge in [0.2, 0.25) is 0 Å². The van der Waals surface area contributed by atoms with Crippen LogP contribution in [0.25, 0.3) is 21.5 Å². The van der Waals surface area contributed by atoms with Crippen LogP contribution in [0.5, 0.6) is 0 Å². The fourth-order valence-electron chi connectivity index (χ4n) is 3.64. The van der Waals surface area contributed by atoms with Crippen LogP contribution < -0.4 is 10.2 Å². The Labute approximate surface area is 181 Å². The van der Waals surface area contributed by atoms with E-state index in [9.17, 15) is 22.8 Å². The molecule has 11 heteroatoms. The smallest absolute Gasteiger partial charge is 0.345 e. The minimum Gasteiger partial charge on any atom is -0.345 e. The average molecular weight is 460 g/mol. The zero-order valence-corrected chi connectivity index (χ0v) is 16.7. The molecule has 1 unspecified atom stereocenters. The summed E-state index contributed by atoms with van der Waals surface area (Å²) in [5.41, 5.74) is 1.80. The third kappa shape index (κ3) is 3.30. The number of aromatic nitrogens is 2. The molecule has 1 saturated heterocycles. The van der Waals surface area contributed by atoms with Crippen LogP contribution in [0.3, 0.4) is 0 Å². The van der Waals surface area contributed by atoms with Crippen molar-refractivity contribution in [3.63, 3.8) is 0 Å². The Hall–Kier alpha value is -3.73. The summed E-state index contributed by atoms with van der Waals surface area (Å²) >= 11 is 0.495. The van der Waals surface area contributed by atoms with Crippen molar-refractivity contribution in [2.24, 2.45) is 0 Å². The van der Waals surface area contributed by atoms with Crippen molar-refractivity contribution in [1.29, 1.82) is 0 Å². The zero-order chi connectivity index (χ0) is 22.6. The van der Waals surface area contributed by atoms with E-state index in [1.54, 1.807) is 18.2 Å². The standard InChI is InChI=1S/C21H12F4N4O2S/c22-13-7-10(16-5-6-17(32-16)21(23,24)25)1-3-12(13)18-19(30)28-20(31)29(18)11-2-4-14-15(8-11)27-9-26-14/h1-9,18H,(H,26,27)(H,28,30,31). The molecule has 0 saturated carbocycles. The molecule has 0 aliphatic carbocycles. The van der Waals surface area contributed by atoms with Gasteiger partial charge in [-0.2, -0.15) is 13.2 Å². The number of alkyl halides is 3. The number of hydrogen-bond acceptors (Lipinski definition) is 4. The lowest BCUT2D eigenvalue weighted by Crippen LogP contribution is -2.30. The van der Waals surface area contributed by atoms with Gasteiger partial charge < -0.3 is 4.98 Å². The van der Waals surface area contributed by atoms with Crippen molar-refractivity contribution in [1.82, 2.24) is 15.3 Å². The van der Waals surface area contributed by atoms with Crippen molar-refractivity contribution in [3.8, 4) is 10.4 Å². The number of rotatable bonds is 3. The number of amides is 3. The number of urea groups is 1. The van der Waals surface area contributed by atoms with Crippen molar-refractivity contribution in [2.75, 3.05) is 4.90 Å². The topological polar surface area (TPSA) is 78.1 Å². The van der Waals surface area contributed by atoms with E-state index in [0.29, 0.717) is 28.1 Å². The Balaban J connectivity index is 1.53. The van der Waals surface area contributed by atoms with E-state index < -0.39 is 34.9 Å². The molecule has 32 heavy (non-hydrogen) atoms. The van der Waals surface area contributed by atoms with Gasteiger partial charge in [-0.3, -0.25) is 15.0 Å². The second-order valence-electron chi connectivity index (χ2n) is 7.07. The Morgan fingerprint density at radius 2 is 1.84 bits per heavy atom. The number of hydrogen-bond donors (Lipinski definition) is 2. The maximum absolute atomic E-state index is 15.1. The largest absolute Gasteiger partial charge is 0.425 e. The molecular weight excluding hydrogens is 448 g/mol. The quantitative estimate of drug-likeness (QED) is 0.324. The lowest BCUT2D eigenvalue weighted by Gasteiger charge is -2.22. The highest BCUT2D eigenvalue weighted by molar-refractivity contribution is 7.15. The fraction of sp³-hybridized carbons (Fsp3) is 0.0952. The predicted octanol–water partition coefficient (Wildman–Crippen LogP) is 5.25. The molecule has 162 valence electrons. The van der Waals surface area contributed by atoms with Crippen LogP contribution in [-0.2, 0) is 11.0 Å². The summed E-state index contributed by atoms with van der Waals surface area (Å²) in [4.78, 5) is 32.6. The normalized spacial score (nSPS) is 16.8. The molecule has 1 aliphatic rings. The molecule has 5 rings (SSSR count). The predicted molar refractivity (Wildman–Crippen MR) is 110 cm³/mol. The highest BCUT2D eigenvalue weighted by atomic mass is 32.1. The lowest BCUT2D eigenvalue weighted by molar-refractivity contribution is -0.134. The maximum atomic E-state index is 15.1. The van der Waals surface area contributed by atoms with E-state index in [1.165, 1.54) is 24.5 Å². The summed E-state index contributed by atoms with van der Waals surface area (Å²) in [5.74, 6) is -1.52. The third-order valence-corrected chi connectivity index (χ3v) is 6.28. The summed E-state index contributed by atoms with van der Waals surface area (Å²) in [7, 11) is 0. The number of thiophene rings is 1. The SMILES string of the molecule is O=C1NC(=O)N(c2ccc3nc[nH]c3c2)C1c1ccc(-c2ccc(C(F)(F)F)s2)cc1F. The Morgan fingerprint density at radius 3 is 2.56 bits per heavy atom. The van der Waals surface area contributed by atoms with Crippen LogP contribution >= 0.6 is 11.3 Å². The van der Waals surface area contributed by atoms with E-state index in [-0.39, 0.29) is 16.0 Å². The van der Waals surface area contributed by atoms with Crippen molar-refractivity contribution in [3.05, 3.63) is 71.1 Å². The van der Waals surface area contributed by atoms with Crippen LogP contribution in [0.1, 0.15) is 16.5 Å². The van der Waals surface area contributed by atoms with Crippen molar-refractivity contribution < 1.29 is 27.2 Å². The molecule has 3 heterocycles. The van der Waals surface area contributed by atoms with Crippen molar-refractivity contribution in [2.45, 2.75) is 12.2 Å². The first kappa shape index (κ1) is 20.2. The number of carbonyl (C=O) groups is 2. The number of benzene rings is 2. The third-order valence-electron chi connectivity index (χ3n) is 5.10. The number of aromatic amines is 1. The number of nitrogens with one attached hydrogen (secondary N) is 2. The summed E-state index contributed by atoms with van der Waals surface area (Å²) < 4.78 is 53.7. The van der Waals surface area contributed by atoms with E-state index in [2.05, 4.69) is 15.3 Å². The molecule has 0 radical (unpaired) electrons. The lowest BCUT2D eigenvalue weighted by atomic mass is 10.0. The molecule has 1 atom stereocenters. The number of fused-ring (bicyclic) bond motifs is 1. The first-order chi connectivity index (χ1) is 15.2. The van der Waals surface area contributed by atoms with E-state index in [0.717, 1.165) is 17.0 Å². The van der Waals surface area contributed by atoms with Crippen LogP contribution in [-0.4, -0.2) is 21.9 Å². The van der Waals surface area contributed by atoms with Gasteiger partial charge in [0, 0.05) is 16.1 Å². The Morgan fingerprint density at radius 1 is 1.03 bits per heavy atom. The van der Waals surface area contributed by atoms with Crippen LogP contribution in [0.2, 0.25) is 0 Å². The zero-order valence-electron chi connectivity index (χ0n) is 15.9. The van der Waals surface area contributed by atoms with Crippen molar-refractivity contribution >= 4 is 40.0 Å². The number of imidazole rings is 1. The minimum atomic E-state index is -4.49. The Bertz CT molecular complexity index is 1380. The van der Waals surface area contributed by atoms with Gasteiger partial charge in [0.1, 0.15) is 16.7 Å². The first-order valence-corrected chi connectivity index (χ1v) is 10.1. The van der Waals surface area contributed by atoms with Crippen LogP contribution in [0.15, 0.2) is 54.9 Å². The second-order valence-corrected chi connectivity index (χ2v) is 8.15. The molecule has 0 spiro atoms. The minimum absolute atomic E-state index is 0.0746. The number of imide groups is 1. The number of anilines is 1. The van der Waals surface area contributed by atoms with Gasteiger partial charge in [0.15, 0.2) is 0 Å². The fourth-order valence-corrected chi connectivity index (χ4v) is 4.51. The monoisotopic (exact) mass is 460 g/mol. The van der Waals surface area contributed by atoms with Gasteiger partial charge >= 0.3 is 12.2 Å². The van der Waals surface area contributed by atoms with Gasteiger partial charge in [0.25, 0.3) is 5.91 Å². The molecule has 4 aromatic rings. The van der Waals surface area contributed by atoms with Gasteiger partial charge in [0.05, 0.1) is 17.4 Å². The van der Waals surface area contributed by atoms with Gasteiger partial charge in [-0.1, -0.05) is 12.1 Å². The van der Waals surface area contributed by atoms with E-state index >= 15 is 4.39 Å². The summed E-state index contributed by atoms with van der Waals surface area (Å²) in [6.45, 7) is 0. The van der Waals surface area contributed by atoms with E-state index in [4.69, 9.17) is 0 Å². The van der Waals surface area contributed by atoms with Crippen LogP contribution in [0, 0.1) is 5.82 Å². The molecular formula is C21H12F4N4O2S. The molecule has 6 nitrogen and oxygen atoms in total. The second kappa shape index (κ2) is 7.16. The van der Waals surface area contributed by atoms with Crippen LogP contribution in [0.4, 0.5) is 28.0 Å². The first-order valence-electron chi connectivity index (χ1n) is 9.26.